The molecule has 27 heavy (non-hydrogen) atoms. The smallest absolute Gasteiger partial charge is 0.338 e. The Kier molecular flexibility index (Phi) is 7.55. The molecular weight excluding hydrogens is 368 g/mol. The van der Waals surface area contributed by atoms with Crippen LogP contribution < -0.4 is 0 Å². The molecule has 0 atom stereocenters. The monoisotopic (exact) mass is 390 g/mol. The van der Waals surface area contributed by atoms with Crippen molar-refractivity contribution >= 4 is 23.7 Å². The lowest BCUT2D eigenvalue weighted by atomic mass is 10.2. The van der Waals surface area contributed by atoms with Crippen LogP contribution in [0.3, 0.4) is 0 Å². The largest absolute Gasteiger partial charge is 0.507 e. The predicted octanol–water partition coefficient (Wildman–Crippen LogP) is 4.38. The van der Waals surface area contributed by atoms with Crippen LogP contribution in [-0.4, -0.2) is 35.4 Å². The van der Waals surface area contributed by atoms with Gasteiger partial charge in [-0.05, 0) is 49.2 Å². The average Bonchev–Trinajstić information content (AvgIpc) is 2.67. The van der Waals surface area contributed by atoms with Crippen LogP contribution in [0.25, 0.3) is 0 Å². The van der Waals surface area contributed by atoms with Gasteiger partial charge in [-0.2, -0.15) is 0 Å². The van der Waals surface area contributed by atoms with Gasteiger partial charge in [0, 0.05) is 0 Å². The Morgan fingerprint density at radius 1 is 0.815 bits per heavy atom. The van der Waals surface area contributed by atoms with E-state index in [2.05, 4.69) is 0 Å². The molecule has 0 radical (unpaired) electrons. The van der Waals surface area contributed by atoms with E-state index in [-0.39, 0.29) is 11.5 Å². The molecule has 0 aromatic heterocycles. The van der Waals surface area contributed by atoms with Gasteiger partial charge in [0.05, 0.1) is 34.1 Å². The first kappa shape index (κ1) is 20.6. The summed E-state index contributed by atoms with van der Waals surface area (Å²) in [5.41, 5.74) is 0.587. The molecule has 0 bridgehead atoms. The van der Waals surface area contributed by atoms with E-state index in [0.29, 0.717) is 47.0 Å². The third kappa shape index (κ3) is 5.65. The molecule has 6 nitrogen and oxygen atoms in total. The number of phenolic OH excluding ortho intramolecular Hbond substituents is 2. The zero-order valence-electron chi connectivity index (χ0n) is 15.2. The Hall–Kier alpha value is -2.67. The summed E-state index contributed by atoms with van der Waals surface area (Å²) < 4.78 is 10.2. The standard InChI is InChI=1S/C20H22O6S/c1-3-9-25-19(23)13-5-7-15(21)17(11-13)27-18-12-14(6-8-16(18)22)20(24)26-10-4-2/h5-8,11-12,21-22H,3-4,9-10H2,1-2H3. The van der Waals surface area contributed by atoms with Gasteiger partial charge >= 0.3 is 11.9 Å². The second-order valence-electron chi connectivity index (χ2n) is 5.74. The van der Waals surface area contributed by atoms with Crippen LogP contribution >= 0.6 is 11.8 Å². The molecule has 0 fully saturated rings. The van der Waals surface area contributed by atoms with Gasteiger partial charge in [-0.1, -0.05) is 25.6 Å². The molecule has 0 heterocycles. The van der Waals surface area contributed by atoms with Crippen molar-refractivity contribution in [1.29, 1.82) is 0 Å². The van der Waals surface area contributed by atoms with Crippen molar-refractivity contribution in [3.8, 4) is 11.5 Å². The second-order valence-corrected chi connectivity index (χ2v) is 6.82. The summed E-state index contributed by atoms with van der Waals surface area (Å²) in [5, 5.41) is 20.2. The molecule has 2 rings (SSSR count). The third-order valence-corrected chi connectivity index (χ3v) is 4.58. The predicted molar refractivity (Wildman–Crippen MR) is 101 cm³/mol. The maximum Gasteiger partial charge on any atom is 0.338 e. The maximum atomic E-state index is 12.0. The number of rotatable bonds is 8. The van der Waals surface area contributed by atoms with Crippen LogP contribution in [0.4, 0.5) is 0 Å². The zero-order chi connectivity index (χ0) is 19.8. The Labute approximate surface area is 162 Å². The molecule has 0 aliphatic carbocycles. The van der Waals surface area contributed by atoms with Crippen molar-refractivity contribution in [2.75, 3.05) is 13.2 Å². The highest BCUT2D eigenvalue weighted by atomic mass is 32.2. The highest BCUT2D eigenvalue weighted by Gasteiger charge is 2.15. The lowest BCUT2D eigenvalue weighted by Gasteiger charge is -2.10. The number of hydrogen-bond acceptors (Lipinski definition) is 7. The maximum absolute atomic E-state index is 12.0. The Bertz CT molecular complexity index is 751. The van der Waals surface area contributed by atoms with Crippen molar-refractivity contribution in [1.82, 2.24) is 0 Å². The van der Waals surface area contributed by atoms with Gasteiger partial charge in [0.2, 0.25) is 0 Å². The Balaban J connectivity index is 2.25. The average molecular weight is 390 g/mol. The van der Waals surface area contributed by atoms with Gasteiger partial charge in [0.25, 0.3) is 0 Å². The number of benzene rings is 2. The SMILES string of the molecule is CCCOC(=O)c1ccc(O)c(Sc2cc(C(=O)OCCC)ccc2O)c1. The van der Waals surface area contributed by atoms with Gasteiger partial charge in [-0.25, -0.2) is 9.59 Å². The first-order valence-electron chi connectivity index (χ1n) is 8.64. The first-order chi connectivity index (χ1) is 13.0. The summed E-state index contributed by atoms with van der Waals surface area (Å²) in [6.45, 7) is 4.41. The molecule has 0 spiro atoms. The molecule has 2 aromatic carbocycles. The Morgan fingerprint density at radius 3 is 1.59 bits per heavy atom. The molecule has 2 aromatic rings. The van der Waals surface area contributed by atoms with Gasteiger partial charge < -0.3 is 19.7 Å². The van der Waals surface area contributed by atoms with Gasteiger partial charge in [-0.3, -0.25) is 0 Å². The van der Waals surface area contributed by atoms with Crippen molar-refractivity contribution in [2.45, 2.75) is 36.5 Å². The van der Waals surface area contributed by atoms with E-state index in [4.69, 9.17) is 9.47 Å². The summed E-state index contributed by atoms with van der Waals surface area (Å²) in [7, 11) is 0. The fourth-order valence-electron chi connectivity index (χ4n) is 2.12. The van der Waals surface area contributed by atoms with E-state index in [0.717, 1.165) is 11.8 Å². The topological polar surface area (TPSA) is 93.1 Å². The number of hydrogen-bond donors (Lipinski definition) is 2. The zero-order valence-corrected chi connectivity index (χ0v) is 16.0. The van der Waals surface area contributed by atoms with Crippen LogP contribution in [-0.2, 0) is 9.47 Å². The fourth-order valence-corrected chi connectivity index (χ4v) is 3.07. The van der Waals surface area contributed by atoms with Crippen LogP contribution in [0.5, 0.6) is 11.5 Å². The van der Waals surface area contributed by atoms with E-state index in [9.17, 15) is 19.8 Å². The van der Waals surface area contributed by atoms with Crippen LogP contribution in [0, 0.1) is 0 Å². The first-order valence-corrected chi connectivity index (χ1v) is 9.46. The van der Waals surface area contributed by atoms with E-state index in [1.807, 2.05) is 13.8 Å². The third-order valence-electron chi connectivity index (χ3n) is 3.49. The normalized spacial score (nSPS) is 10.4. The molecule has 7 heteroatoms. The summed E-state index contributed by atoms with van der Waals surface area (Å²) in [6.07, 6.45) is 1.42. The summed E-state index contributed by atoms with van der Waals surface area (Å²) in [6, 6.07) is 8.69. The van der Waals surface area contributed by atoms with Gasteiger partial charge in [0.15, 0.2) is 0 Å². The molecule has 0 aliphatic rings. The van der Waals surface area contributed by atoms with Crippen molar-refractivity contribution in [3.05, 3.63) is 47.5 Å². The van der Waals surface area contributed by atoms with E-state index in [1.165, 1.54) is 36.4 Å². The fraction of sp³-hybridized carbons (Fsp3) is 0.300. The quantitative estimate of drug-likeness (QED) is 0.646. The lowest BCUT2D eigenvalue weighted by molar-refractivity contribution is 0.0495. The molecular formula is C20H22O6S. The number of ether oxygens (including phenoxy) is 2. The van der Waals surface area contributed by atoms with E-state index >= 15 is 0 Å². The molecule has 2 N–H and O–H groups in total. The lowest BCUT2D eigenvalue weighted by Crippen LogP contribution is -2.06. The van der Waals surface area contributed by atoms with Gasteiger partial charge in [0.1, 0.15) is 11.5 Å². The van der Waals surface area contributed by atoms with Crippen LogP contribution in [0.15, 0.2) is 46.2 Å². The summed E-state index contributed by atoms with van der Waals surface area (Å²) in [4.78, 5) is 24.7. The minimum Gasteiger partial charge on any atom is -0.507 e. The molecule has 0 saturated heterocycles. The summed E-state index contributed by atoms with van der Waals surface area (Å²) >= 11 is 1.04. The highest BCUT2D eigenvalue weighted by Crippen LogP contribution is 2.39. The minimum atomic E-state index is -0.486. The molecule has 0 unspecified atom stereocenters. The number of aromatic hydroxyl groups is 2. The van der Waals surface area contributed by atoms with Crippen molar-refractivity contribution < 1.29 is 29.3 Å². The molecule has 0 aliphatic heterocycles. The van der Waals surface area contributed by atoms with Gasteiger partial charge in [-0.15, -0.1) is 0 Å². The highest BCUT2D eigenvalue weighted by molar-refractivity contribution is 7.99. The molecule has 0 amide bonds. The number of esters is 2. The van der Waals surface area contributed by atoms with E-state index < -0.39 is 11.9 Å². The van der Waals surface area contributed by atoms with Crippen LogP contribution in [0.2, 0.25) is 0 Å². The minimum absolute atomic E-state index is 0.0506. The Morgan fingerprint density at radius 2 is 1.22 bits per heavy atom. The molecule has 0 saturated carbocycles. The van der Waals surface area contributed by atoms with Crippen molar-refractivity contribution in [2.24, 2.45) is 0 Å². The number of carbonyl (C=O) groups is 2. The second kappa shape index (κ2) is 9.87. The summed E-state index contributed by atoms with van der Waals surface area (Å²) in [5.74, 6) is -1.07. The number of carbonyl (C=O) groups excluding carboxylic acids is 2. The number of phenols is 2. The van der Waals surface area contributed by atoms with Crippen LogP contribution in [0.1, 0.15) is 47.4 Å². The molecule has 144 valence electrons. The van der Waals surface area contributed by atoms with Crippen molar-refractivity contribution in [3.63, 3.8) is 0 Å². The van der Waals surface area contributed by atoms with E-state index in [1.54, 1.807) is 0 Å².